The first-order valence-corrected chi connectivity index (χ1v) is 8.16. The molecule has 1 unspecified atom stereocenters. The van der Waals surface area contributed by atoms with E-state index in [0.717, 1.165) is 25.9 Å². The minimum atomic E-state index is -0.428. The average Bonchev–Trinajstić information content (AvgIpc) is 3.06. The number of amides is 2. The van der Waals surface area contributed by atoms with Crippen molar-refractivity contribution in [3.05, 3.63) is 35.6 Å². The Hall–Kier alpha value is -1.66. The Morgan fingerprint density at radius 2 is 2.04 bits per heavy atom. The first-order chi connectivity index (χ1) is 11.1. The molecule has 134 valence electrons. The highest BCUT2D eigenvalue weighted by molar-refractivity contribution is 5.94. The minimum absolute atomic E-state index is 0. The zero-order valence-electron chi connectivity index (χ0n) is 13.6. The highest BCUT2D eigenvalue weighted by Gasteiger charge is 2.15. The molecule has 0 radical (unpaired) electrons. The van der Waals surface area contributed by atoms with Crippen LogP contribution in [0.2, 0.25) is 0 Å². The summed E-state index contributed by atoms with van der Waals surface area (Å²) in [5, 5.41) is 8.86. The number of carbonyl (C=O) groups excluding carboxylic acids is 2. The Bertz CT molecular complexity index is 536. The molecule has 7 heteroatoms. The molecule has 1 atom stereocenters. The van der Waals surface area contributed by atoms with Crippen molar-refractivity contribution in [2.24, 2.45) is 5.92 Å². The normalized spacial score (nSPS) is 16.3. The molecular weight excluding hydrogens is 333 g/mol. The third-order valence-electron chi connectivity index (χ3n) is 3.99. The zero-order valence-corrected chi connectivity index (χ0v) is 14.5. The van der Waals surface area contributed by atoms with E-state index in [0.29, 0.717) is 37.4 Å². The number of hydrogen-bond acceptors (Lipinski definition) is 3. The molecule has 0 saturated carbocycles. The number of halogens is 2. The molecule has 1 fully saturated rings. The van der Waals surface area contributed by atoms with Gasteiger partial charge in [0.05, 0.1) is 0 Å². The topological polar surface area (TPSA) is 70.2 Å². The van der Waals surface area contributed by atoms with Crippen LogP contribution < -0.4 is 16.0 Å². The quantitative estimate of drug-likeness (QED) is 0.622. The molecule has 0 spiro atoms. The summed E-state index contributed by atoms with van der Waals surface area (Å²) in [5.41, 5.74) is 0.305. The largest absolute Gasteiger partial charge is 0.356 e. The van der Waals surface area contributed by atoms with Crippen LogP contribution in [0.5, 0.6) is 0 Å². The van der Waals surface area contributed by atoms with Gasteiger partial charge in [-0.3, -0.25) is 9.59 Å². The monoisotopic (exact) mass is 357 g/mol. The van der Waals surface area contributed by atoms with Gasteiger partial charge in [0.25, 0.3) is 5.91 Å². The number of nitrogens with one attached hydrogen (secondary N) is 3. The molecule has 24 heavy (non-hydrogen) atoms. The molecule has 0 aliphatic carbocycles. The summed E-state index contributed by atoms with van der Waals surface area (Å²) in [5.74, 6) is -0.0494. The van der Waals surface area contributed by atoms with Crippen LogP contribution in [0.3, 0.4) is 0 Å². The van der Waals surface area contributed by atoms with Gasteiger partial charge in [0.2, 0.25) is 5.91 Å². The lowest BCUT2D eigenvalue weighted by atomic mass is 10.0. The highest BCUT2D eigenvalue weighted by Crippen LogP contribution is 2.13. The van der Waals surface area contributed by atoms with E-state index >= 15 is 0 Å². The molecule has 1 aromatic rings. The predicted octanol–water partition coefficient (Wildman–Crippen LogP) is 1.87. The maximum Gasteiger partial charge on any atom is 0.251 e. The van der Waals surface area contributed by atoms with Gasteiger partial charge in [0, 0.05) is 25.1 Å². The molecule has 1 aromatic carbocycles. The van der Waals surface area contributed by atoms with Crippen molar-refractivity contribution in [3.63, 3.8) is 0 Å². The van der Waals surface area contributed by atoms with Gasteiger partial charge in [0.1, 0.15) is 5.82 Å². The molecule has 0 bridgehead atoms. The molecule has 3 N–H and O–H groups in total. The van der Waals surface area contributed by atoms with E-state index in [4.69, 9.17) is 0 Å². The summed E-state index contributed by atoms with van der Waals surface area (Å²) < 4.78 is 13.0. The Kier molecular flexibility index (Phi) is 9.34. The van der Waals surface area contributed by atoms with E-state index in [-0.39, 0.29) is 24.2 Å². The number of benzene rings is 1. The molecule has 2 amide bonds. The summed E-state index contributed by atoms with van der Waals surface area (Å²) in [6, 6.07) is 5.57. The molecule has 0 aromatic heterocycles. The maximum atomic E-state index is 13.0. The van der Waals surface area contributed by atoms with Crippen molar-refractivity contribution in [2.45, 2.75) is 25.7 Å². The fourth-order valence-corrected chi connectivity index (χ4v) is 2.63. The minimum Gasteiger partial charge on any atom is -0.356 e. The Morgan fingerprint density at radius 1 is 1.25 bits per heavy atom. The van der Waals surface area contributed by atoms with Crippen LogP contribution in [0.25, 0.3) is 0 Å². The van der Waals surface area contributed by atoms with Crippen LogP contribution in [0, 0.1) is 11.7 Å². The van der Waals surface area contributed by atoms with Gasteiger partial charge in [0.15, 0.2) is 0 Å². The lowest BCUT2D eigenvalue weighted by Gasteiger charge is -2.09. The molecule has 1 saturated heterocycles. The Balaban J connectivity index is 0.00000288. The van der Waals surface area contributed by atoms with Crippen molar-refractivity contribution < 1.29 is 14.0 Å². The van der Waals surface area contributed by atoms with Gasteiger partial charge in [-0.05, 0) is 56.5 Å². The Labute approximate surface area is 148 Å². The van der Waals surface area contributed by atoms with Gasteiger partial charge >= 0.3 is 0 Å². The molecule has 1 aliphatic rings. The first-order valence-electron chi connectivity index (χ1n) is 8.16. The van der Waals surface area contributed by atoms with E-state index < -0.39 is 5.82 Å². The van der Waals surface area contributed by atoms with Crippen molar-refractivity contribution in [1.29, 1.82) is 0 Å². The van der Waals surface area contributed by atoms with Gasteiger partial charge in [-0.25, -0.2) is 4.39 Å². The third-order valence-corrected chi connectivity index (χ3v) is 3.99. The van der Waals surface area contributed by atoms with Crippen LogP contribution in [-0.2, 0) is 4.79 Å². The molecular formula is C17H25ClFN3O2. The second-order valence-electron chi connectivity index (χ2n) is 5.87. The molecule has 1 aliphatic heterocycles. The molecule has 2 rings (SSSR count). The fraction of sp³-hybridized carbons (Fsp3) is 0.529. The van der Waals surface area contributed by atoms with Crippen LogP contribution in [0.1, 0.15) is 36.0 Å². The standard InChI is InChI=1S/C17H24FN3O2.ClH/c18-15-4-1-3-14(11-15)17(23)21-9-2-8-20-16(22)6-5-13-7-10-19-12-13;/h1,3-4,11,13,19H,2,5-10,12H2,(H,20,22)(H,21,23);1H. The van der Waals surface area contributed by atoms with Crippen molar-refractivity contribution in [1.82, 2.24) is 16.0 Å². The maximum absolute atomic E-state index is 13.0. The third kappa shape index (κ3) is 7.27. The lowest BCUT2D eigenvalue weighted by Crippen LogP contribution is -2.30. The first kappa shape index (κ1) is 20.4. The van der Waals surface area contributed by atoms with Gasteiger partial charge in [-0.1, -0.05) is 6.07 Å². The van der Waals surface area contributed by atoms with E-state index in [1.165, 1.54) is 18.2 Å². The van der Waals surface area contributed by atoms with Gasteiger partial charge in [-0.2, -0.15) is 0 Å². The van der Waals surface area contributed by atoms with Crippen LogP contribution >= 0.6 is 12.4 Å². The average molecular weight is 358 g/mol. The lowest BCUT2D eigenvalue weighted by molar-refractivity contribution is -0.121. The molecule has 5 nitrogen and oxygen atoms in total. The summed E-state index contributed by atoms with van der Waals surface area (Å²) >= 11 is 0. The van der Waals surface area contributed by atoms with Crippen molar-refractivity contribution in [3.8, 4) is 0 Å². The summed E-state index contributed by atoms with van der Waals surface area (Å²) in [7, 11) is 0. The number of rotatable bonds is 8. The van der Waals surface area contributed by atoms with E-state index in [9.17, 15) is 14.0 Å². The summed E-state index contributed by atoms with van der Waals surface area (Å²) in [6.07, 6.45) is 3.29. The van der Waals surface area contributed by atoms with Crippen LogP contribution in [-0.4, -0.2) is 38.0 Å². The fourth-order valence-electron chi connectivity index (χ4n) is 2.63. The van der Waals surface area contributed by atoms with E-state index in [2.05, 4.69) is 16.0 Å². The Morgan fingerprint density at radius 3 is 2.75 bits per heavy atom. The number of carbonyl (C=O) groups is 2. The highest BCUT2D eigenvalue weighted by atomic mass is 35.5. The zero-order chi connectivity index (χ0) is 16.5. The van der Waals surface area contributed by atoms with E-state index in [1.807, 2.05) is 0 Å². The van der Waals surface area contributed by atoms with Gasteiger partial charge in [-0.15, -0.1) is 12.4 Å². The predicted molar refractivity (Wildman–Crippen MR) is 93.8 cm³/mol. The van der Waals surface area contributed by atoms with Gasteiger partial charge < -0.3 is 16.0 Å². The number of hydrogen-bond donors (Lipinski definition) is 3. The SMILES string of the molecule is Cl.O=C(CCC1CCNC1)NCCCNC(=O)c1cccc(F)c1. The van der Waals surface area contributed by atoms with Crippen LogP contribution in [0.15, 0.2) is 24.3 Å². The van der Waals surface area contributed by atoms with Crippen molar-refractivity contribution >= 4 is 24.2 Å². The van der Waals surface area contributed by atoms with E-state index in [1.54, 1.807) is 6.07 Å². The summed E-state index contributed by atoms with van der Waals surface area (Å²) in [4.78, 5) is 23.5. The molecule has 1 heterocycles. The smallest absolute Gasteiger partial charge is 0.251 e. The summed E-state index contributed by atoms with van der Waals surface area (Å²) in [6.45, 7) is 3.05. The second-order valence-corrected chi connectivity index (χ2v) is 5.87. The van der Waals surface area contributed by atoms with Crippen molar-refractivity contribution in [2.75, 3.05) is 26.2 Å². The second kappa shape index (κ2) is 11.0. The van der Waals surface area contributed by atoms with Crippen LogP contribution in [0.4, 0.5) is 4.39 Å².